The largest absolute Gasteiger partial charge is 0.497 e. The number of hydrogen-bond acceptors (Lipinski definition) is 5. The van der Waals surface area contributed by atoms with Crippen molar-refractivity contribution in [1.29, 1.82) is 5.26 Å². The van der Waals surface area contributed by atoms with E-state index in [0.29, 0.717) is 28.4 Å². The van der Waals surface area contributed by atoms with Crippen LogP contribution < -0.4 is 15.3 Å². The Morgan fingerprint density at radius 2 is 2.00 bits per heavy atom. The molecule has 3 aromatic rings. The Morgan fingerprint density at radius 3 is 2.78 bits per heavy atom. The van der Waals surface area contributed by atoms with Gasteiger partial charge in [-0.3, -0.25) is 4.90 Å². The number of ether oxygens (including phenoxy) is 1. The highest BCUT2D eigenvalue weighted by Crippen LogP contribution is 2.26. The number of carbonyl (C=O) groups excluding carboxylic acids is 1. The van der Waals surface area contributed by atoms with Crippen LogP contribution in [0, 0.1) is 11.3 Å². The topological polar surface area (TPSA) is 93.2 Å². The Kier molecular flexibility index (Phi) is 3.97. The van der Waals surface area contributed by atoms with Crippen LogP contribution in [0.1, 0.15) is 17.0 Å². The lowest BCUT2D eigenvalue weighted by Gasteiger charge is -2.16. The number of amides is 1. The van der Waals surface area contributed by atoms with Gasteiger partial charge in [0.15, 0.2) is 5.82 Å². The number of rotatable bonds is 4. The van der Waals surface area contributed by atoms with Crippen LogP contribution in [0.5, 0.6) is 5.75 Å². The Morgan fingerprint density at radius 1 is 1.19 bits per heavy atom. The first-order valence-corrected chi connectivity index (χ1v) is 8.25. The first kappa shape index (κ1) is 16.6. The van der Waals surface area contributed by atoms with E-state index in [1.807, 2.05) is 0 Å². The maximum absolute atomic E-state index is 13.0. The number of nitriles is 1. The van der Waals surface area contributed by atoms with E-state index in [1.54, 1.807) is 55.6 Å². The molecule has 4 rings (SSSR count). The molecule has 1 aromatic heterocycles. The number of fused-ring (bicyclic) bond motifs is 1. The molecule has 1 aliphatic rings. The van der Waals surface area contributed by atoms with E-state index in [0.717, 1.165) is 0 Å². The summed E-state index contributed by atoms with van der Waals surface area (Å²) in [4.78, 5) is 30.8. The summed E-state index contributed by atoms with van der Waals surface area (Å²) in [5.74, 6) is 0.993. The Bertz CT molecular complexity index is 1140. The summed E-state index contributed by atoms with van der Waals surface area (Å²) in [5, 5.41) is 9.26. The number of benzene rings is 2. The Balaban J connectivity index is 1.71. The summed E-state index contributed by atoms with van der Waals surface area (Å²) in [6, 6.07) is 15.8. The fourth-order valence-corrected chi connectivity index (χ4v) is 3.13. The molecule has 0 fully saturated rings. The monoisotopic (exact) mass is 361 g/mol. The van der Waals surface area contributed by atoms with E-state index in [1.165, 1.54) is 14.3 Å². The van der Waals surface area contributed by atoms with Crippen LogP contribution in [0.2, 0.25) is 0 Å². The number of aromatic nitrogens is 3. The second-order valence-corrected chi connectivity index (χ2v) is 6.02. The summed E-state index contributed by atoms with van der Waals surface area (Å²) in [6.45, 7) is 0.279. The Labute approximate surface area is 154 Å². The van der Waals surface area contributed by atoms with Crippen molar-refractivity contribution in [3.05, 3.63) is 76.0 Å². The van der Waals surface area contributed by atoms with E-state index >= 15 is 0 Å². The molecule has 2 heterocycles. The highest BCUT2D eigenvalue weighted by molar-refractivity contribution is 5.95. The number of anilines is 1. The average Bonchev–Trinajstić information content (AvgIpc) is 3.18. The third kappa shape index (κ3) is 2.75. The molecule has 0 spiro atoms. The van der Waals surface area contributed by atoms with Gasteiger partial charge in [0.05, 0.1) is 31.8 Å². The van der Waals surface area contributed by atoms with Crippen LogP contribution in [-0.4, -0.2) is 27.5 Å². The minimum Gasteiger partial charge on any atom is -0.497 e. The number of methoxy groups -OCH3 is 1. The van der Waals surface area contributed by atoms with Crippen LogP contribution >= 0.6 is 0 Å². The molecule has 134 valence electrons. The highest BCUT2D eigenvalue weighted by Gasteiger charge is 2.33. The molecule has 0 bridgehead atoms. The van der Waals surface area contributed by atoms with Gasteiger partial charge in [-0.25, -0.2) is 14.3 Å². The van der Waals surface area contributed by atoms with Crippen LogP contribution in [0.4, 0.5) is 10.5 Å². The quantitative estimate of drug-likeness (QED) is 0.708. The zero-order chi connectivity index (χ0) is 19.0. The second-order valence-electron chi connectivity index (χ2n) is 6.02. The molecule has 1 amide bonds. The number of nitrogens with zero attached hydrogens (tertiary/aromatic N) is 5. The lowest BCUT2D eigenvalue weighted by Crippen LogP contribution is -2.34. The maximum atomic E-state index is 13.0. The van der Waals surface area contributed by atoms with E-state index in [-0.39, 0.29) is 19.1 Å². The van der Waals surface area contributed by atoms with Crippen LogP contribution in [0.15, 0.2) is 53.3 Å². The zero-order valence-corrected chi connectivity index (χ0v) is 14.5. The number of hydrogen-bond donors (Lipinski definition) is 0. The van der Waals surface area contributed by atoms with Crippen molar-refractivity contribution in [3.8, 4) is 11.8 Å². The molecule has 0 radical (unpaired) electrons. The maximum Gasteiger partial charge on any atom is 0.364 e. The minimum absolute atomic E-state index is 0.0905. The lowest BCUT2D eigenvalue weighted by molar-refractivity contribution is 0.244. The van der Waals surface area contributed by atoms with Gasteiger partial charge in [-0.1, -0.05) is 24.3 Å². The molecule has 27 heavy (non-hydrogen) atoms. The van der Waals surface area contributed by atoms with Crippen molar-refractivity contribution in [2.45, 2.75) is 13.1 Å². The zero-order valence-electron chi connectivity index (χ0n) is 14.5. The van der Waals surface area contributed by atoms with Crippen LogP contribution in [0.25, 0.3) is 0 Å². The fourth-order valence-electron chi connectivity index (χ4n) is 3.13. The SMILES string of the molecule is COc1cccc(N2Cc3nc(=O)n(Cc4ccccc4C#N)n3C2=O)c1. The van der Waals surface area contributed by atoms with Gasteiger partial charge in [0.1, 0.15) is 5.75 Å². The molecule has 0 saturated carbocycles. The Hall–Kier alpha value is -3.86. The number of carbonyl (C=O) groups is 1. The van der Waals surface area contributed by atoms with Gasteiger partial charge >= 0.3 is 11.7 Å². The molecule has 0 aliphatic carbocycles. The van der Waals surface area contributed by atoms with Gasteiger partial charge in [-0.15, -0.1) is 0 Å². The molecule has 1 aliphatic heterocycles. The summed E-state index contributed by atoms with van der Waals surface area (Å²) in [7, 11) is 1.56. The van der Waals surface area contributed by atoms with E-state index < -0.39 is 5.69 Å². The highest BCUT2D eigenvalue weighted by atomic mass is 16.5. The summed E-state index contributed by atoms with van der Waals surface area (Å²) >= 11 is 0. The summed E-state index contributed by atoms with van der Waals surface area (Å²) in [6.07, 6.45) is 0. The molecule has 0 atom stereocenters. The third-order valence-electron chi connectivity index (χ3n) is 4.47. The molecule has 0 unspecified atom stereocenters. The predicted molar refractivity (Wildman–Crippen MR) is 96.7 cm³/mol. The molecule has 0 saturated heterocycles. The van der Waals surface area contributed by atoms with Crippen molar-refractivity contribution in [1.82, 2.24) is 14.3 Å². The molecule has 8 nitrogen and oxygen atoms in total. The first-order chi connectivity index (χ1) is 13.1. The van der Waals surface area contributed by atoms with Gasteiger partial charge in [0, 0.05) is 11.8 Å². The molecule has 8 heteroatoms. The second kappa shape index (κ2) is 6.46. The summed E-state index contributed by atoms with van der Waals surface area (Å²) < 4.78 is 7.74. The molecule has 2 aromatic carbocycles. The molecule has 0 N–H and O–H groups in total. The summed E-state index contributed by atoms with van der Waals surface area (Å²) in [5.41, 5.74) is 1.24. The van der Waals surface area contributed by atoms with Crippen molar-refractivity contribution >= 4 is 11.7 Å². The smallest absolute Gasteiger partial charge is 0.364 e. The fraction of sp³-hybridized carbons (Fsp3) is 0.158. The molecular weight excluding hydrogens is 346 g/mol. The lowest BCUT2D eigenvalue weighted by atomic mass is 10.1. The third-order valence-corrected chi connectivity index (χ3v) is 4.47. The predicted octanol–water partition coefficient (Wildman–Crippen LogP) is 1.96. The van der Waals surface area contributed by atoms with Crippen molar-refractivity contribution in [3.63, 3.8) is 0 Å². The van der Waals surface area contributed by atoms with Gasteiger partial charge in [0.25, 0.3) is 0 Å². The normalized spacial score (nSPS) is 12.7. The standard InChI is InChI=1S/C19H15N5O3/c1-27-16-8-4-7-15(9-16)22-12-17-21-18(25)23(24(17)19(22)26)11-14-6-3-2-5-13(14)10-20/h2-9H,11-12H2,1H3. The van der Waals surface area contributed by atoms with Gasteiger partial charge in [-0.05, 0) is 23.8 Å². The van der Waals surface area contributed by atoms with Gasteiger partial charge in [0.2, 0.25) is 0 Å². The molecular formula is C19H15N5O3. The van der Waals surface area contributed by atoms with E-state index in [2.05, 4.69) is 11.1 Å². The van der Waals surface area contributed by atoms with Crippen LogP contribution in [0.3, 0.4) is 0 Å². The minimum atomic E-state index is -0.517. The van der Waals surface area contributed by atoms with Gasteiger partial charge < -0.3 is 4.74 Å². The average molecular weight is 361 g/mol. The van der Waals surface area contributed by atoms with Crippen molar-refractivity contribution in [2.75, 3.05) is 12.0 Å². The van der Waals surface area contributed by atoms with E-state index in [4.69, 9.17) is 4.74 Å². The van der Waals surface area contributed by atoms with Crippen molar-refractivity contribution < 1.29 is 9.53 Å². The van der Waals surface area contributed by atoms with Crippen LogP contribution in [-0.2, 0) is 13.1 Å². The first-order valence-electron chi connectivity index (χ1n) is 8.25. The van der Waals surface area contributed by atoms with Gasteiger partial charge in [-0.2, -0.15) is 14.9 Å². The van der Waals surface area contributed by atoms with Crippen molar-refractivity contribution in [2.24, 2.45) is 0 Å². The van der Waals surface area contributed by atoms with E-state index in [9.17, 15) is 14.9 Å².